The first-order valence-corrected chi connectivity index (χ1v) is 8.16. The number of benzene rings is 1. The van der Waals surface area contributed by atoms with Crippen LogP contribution in [0.2, 0.25) is 0 Å². The van der Waals surface area contributed by atoms with Crippen molar-refractivity contribution >= 4 is 28.9 Å². The molecule has 0 spiro atoms. The van der Waals surface area contributed by atoms with Gasteiger partial charge in [-0.05, 0) is 34.6 Å². The highest BCUT2D eigenvalue weighted by Crippen LogP contribution is 2.15. The molecular formula is C16H19IN2O2. The summed E-state index contributed by atoms with van der Waals surface area (Å²) in [7, 11) is 0. The normalized spacial score (nSPS) is 10.8. The predicted molar refractivity (Wildman–Crippen MR) is 90.2 cm³/mol. The van der Waals surface area contributed by atoms with Crippen LogP contribution in [-0.4, -0.2) is 15.8 Å². The van der Waals surface area contributed by atoms with Crippen LogP contribution in [0.4, 0.5) is 0 Å². The lowest BCUT2D eigenvalue weighted by molar-refractivity contribution is 0.0601. The molecule has 0 aliphatic rings. The Morgan fingerprint density at radius 3 is 2.76 bits per heavy atom. The van der Waals surface area contributed by atoms with Crippen LogP contribution >= 0.6 is 22.6 Å². The van der Waals surface area contributed by atoms with Crippen molar-refractivity contribution in [1.29, 1.82) is 0 Å². The molecular weight excluding hydrogens is 379 g/mol. The quantitative estimate of drug-likeness (QED) is 0.502. The zero-order chi connectivity index (χ0) is 15.1. The largest absolute Gasteiger partial charge is 0.356 e. The molecule has 0 bridgehead atoms. The van der Waals surface area contributed by atoms with E-state index in [0.717, 1.165) is 40.6 Å². The van der Waals surface area contributed by atoms with E-state index in [1.165, 1.54) is 0 Å². The first-order chi connectivity index (χ1) is 10.3. The maximum atomic E-state index is 11.2. The lowest BCUT2D eigenvalue weighted by atomic mass is 10.2. The van der Waals surface area contributed by atoms with E-state index in [2.05, 4.69) is 34.5 Å². The monoisotopic (exact) mass is 398 g/mol. The zero-order valence-corrected chi connectivity index (χ0v) is 14.2. The molecule has 5 heteroatoms. The van der Waals surface area contributed by atoms with Crippen molar-refractivity contribution in [3.8, 4) is 0 Å². The van der Waals surface area contributed by atoms with Crippen LogP contribution in [0.25, 0.3) is 0 Å². The fourth-order valence-corrected chi connectivity index (χ4v) is 2.79. The molecule has 1 aromatic carbocycles. The summed E-state index contributed by atoms with van der Waals surface area (Å²) in [5.74, 6) is 0.927. The summed E-state index contributed by atoms with van der Waals surface area (Å²) in [4.78, 5) is 15.7. The molecule has 0 aliphatic carbocycles. The number of rotatable bonds is 8. The number of carbonyl (C=O) groups is 1. The standard InChI is InChI=1S/C16H19IN2O2/c1-2-3-9-15-18-16(17)14(10-20)19(15)12-21-11-13-7-5-4-6-8-13/h4-8,10H,2-3,9,11-12H2,1H3. The van der Waals surface area contributed by atoms with Crippen molar-refractivity contribution < 1.29 is 9.53 Å². The van der Waals surface area contributed by atoms with Gasteiger partial charge in [0.25, 0.3) is 0 Å². The highest BCUT2D eigenvalue weighted by atomic mass is 127. The smallest absolute Gasteiger partial charge is 0.169 e. The Balaban J connectivity index is 2.05. The van der Waals surface area contributed by atoms with Gasteiger partial charge in [0.05, 0.1) is 6.61 Å². The van der Waals surface area contributed by atoms with Crippen LogP contribution in [0.1, 0.15) is 41.6 Å². The van der Waals surface area contributed by atoms with E-state index in [0.29, 0.717) is 19.0 Å². The Labute approximate surface area is 138 Å². The number of nitrogens with zero attached hydrogens (tertiary/aromatic N) is 2. The fraction of sp³-hybridized carbons (Fsp3) is 0.375. The van der Waals surface area contributed by atoms with Crippen molar-refractivity contribution in [2.24, 2.45) is 0 Å². The summed E-state index contributed by atoms with van der Waals surface area (Å²) >= 11 is 2.10. The number of aldehydes is 1. The molecule has 0 unspecified atom stereocenters. The minimum Gasteiger partial charge on any atom is -0.356 e. The third-order valence-corrected chi connectivity index (χ3v) is 4.03. The fourth-order valence-electron chi connectivity index (χ4n) is 2.09. The minimum atomic E-state index is 0.359. The first kappa shape index (κ1) is 16.2. The van der Waals surface area contributed by atoms with E-state index in [9.17, 15) is 4.79 Å². The van der Waals surface area contributed by atoms with Gasteiger partial charge in [-0.2, -0.15) is 0 Å². The average Bonchev–Trinajstić information content (AvgIpc) is 2.81. The topological polar surface area (TPSA) is 44.1 Å². The summed E-state index contributed by atoms with van der Waals surface area (Å²) in [6, 6.07) is 10.0. The van der Waals surface area contributed by atoms with E-state index in [1.807, 2.05) is 34.9 Å². The lowest BCUT2D eigenvalue weighted by Gasteiger charge is -2.10. The molecule has 4 nitrogen and oxygen atoms in total. The molecule has 21 heavy (non-hydrogen) atoms. The molecule has 0 saturated carbocycles. The Morgan fingerprint density at radius 2 is 2.10 bits per heavy atom. The Bertz CT molecular complexity index is 581. The van der Waals surface area contributed by atoms with Gasteiger partial charge in [0.1, 0.15) is 21.9 Å². The number of halogens is 1. The molecule has 1 aromatic heterocycles. The Kier molecular flexibility index (Phi) is 6.38. The summed E-state index contributed by atoms with van der Waals surface area (Å²) in [5, 5.41) is 0. The molecule has 0 amide bonds. The second kappa shape index (κ2) is 8.29. The second-order valence-electron chi connectivity index (χ2n) is 4.82. The number of carbonyl (C=O) groups excluding carboxylic acids is 1. The second-order valence-corrected chi connectivity index (χ2v) is 5.84. The molecule has 0 aliphatic heterocycles. The van der Waals surface area contributed by atoms with E-state index in [4.69, 9.17) is 4.74 Å². The van der Waals surface area contributed by atoms with Gasteiger partial charge in [0.15, 0.2) is 6.29 Å². The van der Waals surface area contributed by atoms with Crippen LogP contribution in [0.5, 0.6) is 0 Å². The predicted octanol–water partition coefficient (Wildman–Crippen LogP) is 3.82. The SMILES string of the molecule is CCCCc1nc(I)c(C=O)n1COCc1ccccc1. The molecule has 0 radical (unpaired) electrons. The third-order valence-electron chi connectivity index (χ3n) is 3.24. The van der Waals surface area contributed by atoms with E-state index < -0.39 is 0 Å². The molecule has 0 N–H and O–H groups in total. The number of hydrogen-bond donors (Lipinski definition) is 0. The molecule has 2 aromatic rings. The molecule has 1 heterocycles. The van der Waals surface area contributed by atoms with Crippen molar-refractivity contribution in [3.63, 3.8) is 0 Å². The number of imidazole rings is 1. The van der Waals surface area contributed by atoms with Gasteiger partial charge < -0.3 is 9.30 Å². The van der Waals surface area contributed by atoms with Crippen LogP contribution in [0.3, 0.4) is 0 Å². The van der Waals surface area contributed by atoms with E-state index >= 15 is 0 Å². The molecule has 2 rings (SSSR count). The summed E-state index contributed by atoms with van der Waals surface area (Å²) in [6.07, 6.45) is 3.89. The van der Waals surface area contributed by atoms with Gasteiger partial charge in [-0.1, -0.05) is 43.7 Å². The average molecular weight is 398 g/mol. The van der Waals surface area contributed by atoms with Crippen molar-refractivity contribution in [2.45, 2.75) is 39.5 Å². The van der Waals surface area contributed by atoms with Crippen LogP contribution in [-0.2, 0) is 24.5 Å². The number of aromatic nitrogens is 2. The summed E-state index contributed by atoms with van der Waals surface area (Å²) < 4.78 is 8.37. The highest BCUT2D eigenvalue weighted by molar-refractivity contribution is 14.1. The maximum absolute atomic E-state index is 11.2. The van der Waals surface area contributed by atoms with Gasteiger partial charge in [-0.3, -0.25) is 4.79 Å². The number of hydrogen-bond acceptors (Lipinski definition) is 3. The molecule has 0 saturated heterocycles. The van der Waals surface area contributed by atoms with Gasteiger partial charge in [-0.25, -0.2) is 4.98 Å². The van der Waals surface area contributed by atoms with Crippen molar-refractivity contribution in [2.75, 3.05) is 0 Å². The van der Waals surface area contributed by atoms with Crippen LogP contribution < -0.4 is 0 Å². The molecule has 0 fully saturated rings. The van der Waals surface area contributed by atoms with Gasteiger partial charge in [0.2, 0.25) is 0 Å². The minimum absolute atomic E-state index is 0.359. The van der Waals surface area contributed by atoms with Crippen molar-refractivity contribution in [1.82, 2.24) is 9.55 Å². The van der Waals surface area contributed by atoms with E-state index in [1.54, 1.807) is 0 Å². The van der Waals surface area contributed by atoms with Crippen LogP contribution in [0, 0.1) is 3.70 Å². The van der Waals surface area contributed by atoms with Crippen LogP contribution in [0.15, 0.2) is 30.3 Å². The first-order valence-electron chi connectivity index (χ1n) is 7.08. The van der Waals surface area contributed by atoms with Gasteiger partial charge >= 0.3 is 0 Å². The Hall–Kier alpha value is -1.21. The number of unbranched alkanes of at least 4 members (excludes halogenated alkanes) is 1. The Morgan fingerprint density at radius 1 is 1.33 bits per heavy atom. The molecule has 0 atom stereocenters. The van der Waals surface area contributed by atoms with Crippen molar-refractivity contribution in [3.05, 3.63) is 51.1 Å². The van der Waals surface area contributed by atoms with Gasteiger partial charge in [-0.15, -0.1) is 0 Å². The van der Waals surface area contributed by atoms with E-state index in [-0.39, 0.29) is 0 Å². The maximum Gasteiger partial charge on any atom is 0.169 e. The van der Waals surface area contributed by atoms with Gasteiger partial charge in [0, 0.05) is 6.42 Å². The highest BCUT2D eigenvalue weighted by Gasteiger charge is 2.14. The lowest BCUT2D eigenvalue weighted by Crippen LogP contribution is -2.10. The summed E-state index contributed by atoms with van der Waals surface area (Å²) in [6.45, 7) is 3.03. The third kappa shape index (κ3) is 4.38. The zero-order valence-electron chi connectivity index (χ0n) is 12.1. The number of aryl methyl sites for hydroxylation is 1. The number of ether oxygens (including phenoxy) is 1. The summed E-state index contributed by atoms with van der Waals surface area (Å²) in [5.41, 5.74) is 1.73. The molecule has 112 valence electrons.